The van der Waals surface area contributed by atoms with Gasteiger partial charge in [0.05, 0.1) is 11.6 Å². The summed E-state index contributed by atoms with van der Waals surface area (Å²) in [5.74, 6) is 0.996. The predicted octanol–water partition coefficient (Wildman–Crippen LogP) is 7.08. The van der Waals surface area contributed by atoms with E-state index >= 15 is 0 Å². The van der Waals surface area contributed by atoms with Crippen LogP contribution in [0.5, 0.6) is 0 Å². The lowest BCUT2D eigenvalue weighted by Crippen LogP contribution is -2.33. The van der Waals surface area contributed by atoms with Gasteiger partial charge in [-0.15, -0.1) is 0 Å². The van der Waals surface area contributed by atoms with Crippen molar-refractivity contribution in [3.05, 3.63) is 105 Å². The van der Waals surface area contributed by atoms with E-state index in [1.807, 2.05) is 36.4 Å². The van der Waals surface area contributed by atoms with Crippen molar-refractivity contribution in [1.82, 2.24) is 9.80 Å². The standard InChI is InChI=1S/C34H38ClN3O/c35-33-9-2-1-8-32(33)25-38-17-13-26(14-18-38)5-4-10-34(39)31-12-11-29-15-19-37(20-16-30(29)22-31)24-28-7-3-6-27(21-28)23-36/h1-3,6-9,11-12,21-22,26H,4-5,10,13-20,24-25H2. The summed E-state index contributed by atoms with van der Waals surface area (Å²) in [7, 11) is 0. The number of hydrogen-bond donors (Lipinski definition) is 0. The molecular weight excluding hydrogens is 502 g/mol. The molecule has 0 aromatic heterocycles. The molecule has 0 bridgehead atoms. The molecule has 2 aliphatic heterocycles. The summed E-state index contributed by atoms with van der Waals surface area (Å²) in [6.45, 7) is 5.96. The van der Waals surface area contributed by atoms with Crippen molar-refractivity contribution >= 4 is 17.4 Å². The maximum absolute atomic E-state index is 13.1. The molecule has 1 fully saturated rings. The minimum atomic E-state index is 0.281. The van der Waals surface area contributed by atoms with Gasteiger partial charge in [-0.1, -0.05) is 54.1 Å². The fourth-order valence-corrected chi connectivity index (χ4v) is 6.29. The highest BCUT2D eigenvalue weighted by Crippen LogP contribution is 2.26. The fraction of sp³-hybridized carbons (Fsp3) is 0.412. The molecule has 0 atom stereocenters. The van der Waals surface area contributed by atoms with Gasteiger partial charge in [-0.3, -0.25) is 14.6 Å². The van der Waals surface area contributed by atoms with Crippen molar-refractivity contribution in [2.45, 2.75) is 58.0 Å². The van der Waals surface area contributed by atoms with E-state index in [9.17, 15) is 10.1 Å². The van der Waals surface area contributed by atoms with Crippen LogP contribution in [-0.2, 0) is 25.9 Å². The van der Waals surface area contributed by atoms with E-state index in [4.69, 9.17) is 11.6 Å². The van der Waals surface area contributed by atoms with Gasteiger partial charge in [0, 0.05) is 43.2 Å². The van der Waals surface area contributed by atoms with Crippen LogP contribution in [0.15, 0.2) is 66.7 Å². The first-order valence-corrected chi connectivity index (χ1v) is 14.8. The second-order valence-electron chi connectivity index (χ2n) is 11.2. The van der Waals surface area contributed by atoms with Crippen LogP contribution in [0.2, 0.25) is 5.02 Å². The van der Waals surface area contributed by atoms with Crippen molar-refractivity contribution in [2.24, 2.45) is 5.92 Å². The van der Waals surface area contributed by atoms with Crippen molar-refractivity contribution in [1.29, 1.82) is 5.26 Å². The van der Waals surface area contributed by atoms with Gasteiger partial charge in [0.1, 0.15) is 0 Å². The van der Waals surface area contributed by atoms with Crippen LogP contribution in [0.1, 0.15) is 70.3 Å². The van der Waals surface area contributed by atoms with Crippen LogP contribution in [0, 0.1) is 17.2 Å². The third-order valence-corrected chi connectivity index (χ3v) is 8.83. The van der Waals surface area contributed by atoms with Crippen molar-refractivity contribution in [3.8, 4) is 6.07 Å². The van der Waals surface area contributed by atoms with E-state index in [0.29, 0.717) is 17.9 Å². The molecule has 0 amide bonds. The third kappa shape index (κ3) is 7.57. The topological polar surface area (TPSA) is 47.3 Å². The number of carbonyl (C=O) groups is 1. The molecule has 0 saturated carbocycles. The molecule has 1 saturated heterocycles. The number of piperidine rings is 1. The van der Waals surface area contributed by atoms with Crippen LogP contribution in [0.4, 0.5) is 0 Å². The number of rotatable bonds is 9. The maximum atomic E-state index is 13.1. The molecule has 0 aliphatic carbocycles. The van der Waals surface area contributed by atoms with E-state index in [2.05, 4.69) is 46.2 Å². The Morgan fingerprint density at radius 1 is 0.872 bits per heavy atom. The van der Waals surface area contributed by atoms with Crippen LogP contribution >= 0.6 is 11.6 Å². The normalized spacial score (nSPS) is 16.8. The molecule has 4 nitrogen and oxygen atoms in total. The zero-order valence-electron chi connectivity index (χ0n) is 22.7. The number of Topliss-reactive ketones (excluding diaryl/α,β-unsaturated/α-hetero) is 1. The first-order chi connectivity index (χ1) is 19.1. The van der Waals surface area contributed by atoms with Crippen molar-refractivity contribution < 1.29 is 4.79 Å². The predicted molar refractivity (Wildman–Crippen MR) is 158 cm³/mol. The Labute approximate surface area is 238 Å². The molecule has 0 spiro atoms. The molecule has 3 aromatic carbocycles. The summed E-state index contributed by atoms with van der Waals surface area (Å²) in [6.07, 6.45) is 7.11. The number of nitrogens with zero attached hydrogens (tertiary/aromatic N) is 3. The first kappa shape index (κ1) is 27.6. The molecule has 5 heteroatoms. The molecule has 0 radical (unpaired) electrons. The molecule has 39 heavy (non-hydrogen) atoms. The number of hydrogen-bond acceptors (Lipinski definition) is 4. The number of benzene rings is 3. The van der Waals surface area contributed by atoms with Crippen LogP contribution < -0.4 is 0 Å². The van der Waals surface area contributed by atoms with E-state index in [-0.39, 0.29) is 5.78 Å². The summed E-state index contributed by atoms with van der Waals surface area (Å²) in [5, 5.41) is 10.0. The number of likely N-dealkylation sites (tertiary alicyclic amines) is 1. The van der Waals surface area contributed by atoms with Gasteiger partial charge in [0.25, 0.3) is 0 Å². The third-order valence-electron chi connectivity index (χ3n) is 8.46. The fourth-order valence-electron chi connectivity index (χ4n) is 6.10. The smallest absolute Gasteiger partial charge is 0.162 e. The Hall–Kier alpha value is -2.97. The lowest BCUT2D eigenvalue weighted by atomic mass is 9.90. The molecule has 2 heterocycles. The quantitative estimate of drug-likeness (QED) is 0.273. The molecule has 5 rings (SSSR count). The van der Waals surface area contributed by atoms with Crippen molar-refractivity contribution in [3.63, 3.8) is 0 Å². The number of halogens is 1. The Bertz CT molecular complexity index is 1320. The minimum absolute atomic E-state index is 0.281. The SMILES string of the molecule is N#Cc1cccc(CN2CCc3ccc(C(=O)CCCC4CCN(Cc5ccccc5Cl)CC4)cc3CC2)c1. The maximum Gasteiger partial charge on any atom is 0.162 e. The summed E-state index contributed by atoms with van der Waals surface area (Å²) in [5.41, 5.74) is 6.67. The molecule has 202 valence electrons. The van der Waals surface area contributed by atoms with Gasteiger partial charge >= 0.3 is 0 Å². The molecule has 3 aromatic rings. The summed E-state index contributed by atoms with van der Waals surface area (Å²) < 4.78 is 0. The Morgan fingerprint density at radius 3 is 2.44 bits per heavy atom. The molecule has 0 N–H and O–H groups in total. The number of ketones is 1. The average Bonchev–Trinajstić information content (AvgIpc) is 3.17. The van der Waals surface area contributed by atoms with E-state index in [1.54, 1.807) is 0 Å². The van der Waals surface area contributed by atoms with Gasteiger partial charge < -0.3 is 0 Å². The molecular formula is C34H38ClN3O. The number of fused-ring (bicyclic) bond motifs is 1. The van der Waals surface area contributed by atoms with Gasteiger partial charge in [0.15, 0.2) is 5.78 Å². The summed E-state index contributed by atoms with van der Waals surface area (Å²) in [6, 6.07) is 24.6. The zero-order valence-corrected chi connectivity index (χ0v) is 23.5. The second kappa shape index (κ2) is 13.4. The number of nitriles is 1. The van der Waals surface area contributed by atoms with Crippen LogP contribution in [-0.4, -0.2) is 41.8 Å². The van der Waals surface area contributed by atoms with E-state index in [1.165, 1.54) is 35.1 Å². The van der Waals surface area contributed by atoms with Gasteiger partial charge in [-0.2, -0.15) is 5.26 Å². The minimum Gasteiger partial charge on any atom is -0.299 e. The van der Waals surface area contributed by atoms with Gasteiger partial charge in [-0.05, 0) is 104 Å². The number of carbonyl (C=O) groups excluding carboxylic acids is 1. The van der Waals surface area contributed by atoms with Crippen LogP contribution in [0.3, 0.4) is 0 Å². The monoisotopic (exact) mass is 539 g/mol. The summed E-state index contributed by atoms with van der Waals surface area (Å²) in [4.78, 5) is 18.0. The molecule has 0 unspecified atom stereocenters. The largest absolute Gasteiger partial charge is 0.299 e. The van der Waals surface area contributed by atoms with E-state index < -0.39 is 0 Å². The van der Waals surface area contributed by atoms with Gasteiger partial charge in [-0.25, -0.2) is 0 Å². The highest BCUT2D eigenvalue weighted by molar-refractivity contribution is 6.31. The summed E-state index contributed by atoms with van der Waals surface area (Å²) >= 11 is 6.34. The lowest BCUT2D eigenvalue weighted by molar-refractivity contribution is 0.0974. The lowest BCUT2D eigenvalue weighted by Gasteiger charge is -2.32. The highest BCUT2D eigenvalue weighted by Gasteiger charge is 2.21. The highest BCUT2D eigenvalue weighted by atomic mass is 35.5. The first-order valence-electron chi connectivity index (χ1n) is 14.4. The zero-order chi connectivity index (χ0) is 27.0. The Balaban J connectivity index is 1.06. The second-order valence-corrected chi connectivity index (χ2v) is 11.6. The van der Waals surface area contributed by atoms with Crippen LogP contribution in [0.25, 0.3) is 0 Å². The average molecular weight is 540 g/mol. The Kier molecular flexibility index (Phi) is 9.48. The van der Waals surface area contributed by atoms with E-state index in [0.717, 1.165) is 75.5 Å². The van der Waals surface area contributed by atoms with Gasteiger partial charge in [0.2, 0.25) is 0 Å². The molecule has 2 aliphatic rings. The Morgan fingerprint density at radius 2 is 1.64 bits per heavy atom. The van der Waals surface area contributed by atoms with Crippen molar-refractivity contribution in [2.75, 3.05) is 26.2 Å².